The average Bonchev–Trinajstić information content (AvgIpc) is 2.62. The minimum absolute atomic E-state index is 0.0177. The molecule has 1 heterocycles. The molecule has 0 aromatic heterocycles. The SMILES string of the molecule is CC(NC(=O)CC1Sc2ccc(Cl)cc2NC1=O)c1cccc(OC(F)F)c1. The number of carbonyl (C=O) groups is 2. The van der Waals surface area contributed by atoms with Gasteiger partial charge in [0.1, 0.15) is 5.75 Å². The lowest BCUT2D eigenvalue weighted by molar-refractivity contribution is -0.124. The highest BCUT2D eigenvalue weighted by Gasteiger charge is 2.29. The maximum Gasteiger partial charge on any atom is 0.387 e. The second-order valence-corrected chi connectivity index (χ2v) is 7.86. The van der Waals surface area contributed by atoms with Crippen molar-refractivity contribution in [1.29, 1.82) is 0 Å². The van der Waals surface area contributed by atoms with Crippen LogP contribution in [0.25, 0.3) is 0 Å². The summed E-state index contributed by atoms with van der Waals surface area (Å²) in [4.78, 5) is 25.5. The molecule has 3 rings (SSSR count). The van der Waals surface area contributed by atoms with E-state index in [1.165, 1.54) is 23.9 Å². The molecule has 0 saturated carbocycles. The minimum Gasteiger partial charge on any atom is -0.435 e. The molecule has 0 saturated heterocycles. The number of fused-ring (bicyclic) bond motifs is 1. The molecule has 2 N–H and O–H groups in total. The Morgan fingerprint density at radius 1 is 1.32 bits per heavy atom. The summed E-state index contributed by atoms with van der Waals surface area (Å²) in [6.45, 7) is -1.19. The molecule has 0 spiro atoms. The Balaban J connectivity index is 1.61. The predicted molar refractivity (Wildman–Crippen MR) is 104 cm³/mol. The Bertz CT molecular complexity index is 897. The predicted octanol–water partition coefficient (Wildman–Crippen LogP) is 4.62. The molecule has 0 radical (unpaired) electrons. The standard InChI is InChI=1S/C19H17ClF2N2O3S/c1-10(11-3-2-4-13(7-11)27-19(21)22)23-17(25)9-16-18(26)24-14-8-12(20)5-6-15(14)28-16/h2-8,10,16,19H,9H2,1H3,(H,23,25)(H,24,26). The summed E-state index contributed by atoms with van der Waals surface area (Å²) in [5.74, 6) is -0.571. The smallest absolute Gasteiger partial charge is 0.387 e. The average molecular weight is 427 g/mol. The van der Waals surface area contributed by atoms with Crippen LogP contribution in [0.5, 0.6) is 5.75 Å². The van der Waals surface area contributed by atoms with Gasteiger partial charge in [-0.1, -0.05) is 23.7 Å². The van der Waals surface area contributed by atoms with Gasteiger partial charge in [0, 0.05) is 16.3 Å². The summed E-state index contributed by atoms with van der Waals surface area (Å²) in [6.07, 6.45) is -0.0177. The molecule has 2 aromatic carbocycles. The lowest BCUT2D eigenvalue weighted by Crippen LogP contribution is -2.35. The van der Waals surface area contributed by atoms with Crippen molar-refractivity contribution >= 4 is 40.9 Å². The number of carbonyl (C=O) groups excluding carboxylic acids is 2. The highest BCUT2D eigenvalue weighted by molar-refractivity contribution is 8.01. The summed E-state index contributed by atoms with van der Waals surface area (Å²) in [6, 6.07) is 10.9. The monoisotopic (exact) mass is 426 g/mol. The Labute approximate surface area is 169 Å². The molecule has 148 valence electrons. The van der Waals surface area contributed by atoms with Crippen molar-refractivity contribution in [3.8, 4) is 5.75 Å². The lowest BCUT2D eigenvalue weighted by atomic mass is 10.1. The summed E-state index contributed by atoms with van der Waals surface area (Å²) in [7, 11) is 0. The first-order valence-corrected chi connectivity index (χ1v) is 9.69. The van der Waals surface area contributed by atoms with Gasteiger partial charge in [-0.25, -0.2) is 0 Å². The summed E-state index contributed by atoms with van der Waals surface area (Å²) >= 11 is 7.22. The Morgan fingerprint density at radius 3 is 2.86 bits per heavy atom. The van der Waals surface area contributed by atoms with Crippen molar-refractivity contribution < 1.29 is 23.1 Å². The van der Waals surface area contributed by atoms with E-state index in [9.17, 15) is 18.4 Å². The molecule has 5 nitrogen and oxygen atoms in total. The van der Waals surface area contributed by atoms with E-state index in [0.717, 1.165) is 4.90 Å². The van der Waals surface area contributed by atoms with Gasteiger partial charge in [-0.2, -0.15) is 8.78 Å². The van der Waals surface area contributed by atoms with E-state index < -0.39 is 17.9 Å². The van der Waals surface area contributed by atoms with Gasteiger partial charge >= 0.3 is 6.61 Å². The number of hydrogen-bond acceptors (Lipinski definition) is 4. The Kier molecular flexibility index (Phi) is 6.41. The van der Waals surface area contributed by atoms with Gasteiger partial charge in [0.15, 0.2) is 0 Å². The van der Waals surface area contributed by atoms with Crippen LogP contribution in [0.1, 0.15) is 24.9 Å². The summed E-state index contributed by atoms with van der Waals surface area (Å²) < 4.78 is 29.1. The number of hydrogen-bond donors (Lipinski definition) is 2. The Hall–Kier alpha value is -2.32. The number of anilines is 1. The van der Waals surface area contributed by atoms with Crippen molar-refractivity contribution in [2.24, 2.45) is 0 Å². The number of nitrogens with one attached hydrogen (secondary N) is 2. The number of halogens is 3. The third kappa shape index (κ3) is 5.14. The normalized spacial score (nSPS) is 16.9. The summed E-state index contributed by atoms with van der Waals surface area (Å²) in [5, 5.41) is 5.48. The van der Waals surface area contributed by atoms with Crippen molar-refractivity contribution in [2.45, 2.75) is 36.1 Å². The van der Waals surface area contributed by atoms with E-state index in [0.29, 0.717) is 16.3 Å². The molecule has 0 aliphatic carbocycles. The lowest BCUT2D eigenvalue weighted by Gasteiger charge is -2.24. The molecule has 0 bridgehead atoms. The maximum absolute atomic E-state index is 12.4. The highest BCUT2D eigenvalue weighted by Crippen LogP contribution is 2.38. The van der Waals surface area contributed by atoms with Crippen molar-refractivity contribution in [1.82, 2.24) is 5.32 Å². The molecule has 2 amide bonds. The molecular weight excluding hydrogens is 410 g/mol. The molecule has 2 aromatic rings. The first kappa shape index (κ1) is 20.4. The van der Waals surface area contributed by atoms with Crippen LogP contribution in [0.3, 0.4) is 0 Å². The van der Waals surface area contributed by atoms with E-state index >= 15 is 0 Å². The molecule has 28 heavy (non-hydrogen) atoms. The van der Waals surface area contributed by atoms with E-state index in [4.69, 9.17) is 11.6 Å². The van der Waals surface area contributed by atoms with Crippen LogP contribution in [-0.4, -0.2) is 23.7 Å². The molecule has 1 aliphatic rings. The molecule has 2 atom stereocenters. The number of rotatable bonds is 6. The van der Waals surface area contributed by atoms with Crippen molar-refractivity contribution in [3.63, 3.8) is 0 Å². The van der Waals surface area contributed by atoms with Gasteiger partial charge in [0.05, 0.1) is 17.0 Å². The fourth-order valence-corrected chi connectivity index (χ4v) is 4.03. The van der Waals surface area contributed by atoms with E-state index in [2.05, 4.69) is 15.4 Å². The van der Waals surface area contributed by atoms with Crippen LogP contribution in [0.15, 0.2) is 47.4 Å². The van der Waals surface area contributed by atoms with Crippen molar-refractivity contribution in [3.05, 3.63) is 53.1 Å². The molecular formula is C19H17ClF2N2O3S. The molecule has 2 unspecified atom stereocenters. The van der Waals surface area contributed by atoms with Crippen LogP contribution in [0, 0.1) is 0 Å². The first-order chi connectivity index (χ1) is 13.3. The third-order valence-corrected chi connectivity index (χ3v) is 5.60. The van der Waals surface area contributed by atoms with Crippen LogP contribution in [-0.2, 0) is 9.59 Å². The van der Waals surface area contributed by atoms with E-state index in [1.54, 1.807) is 37.3 Å². The fraction of sp³-hybridized carbons (Fsp3) is 0.263. The van der Waals surface area contributed by atoms with Crippen LogP contribution >= 0.6 is 23.4 Å². The maximum atomic E-state index is 12.4. The number of benzene rings is 2. The summed E-state index contributed by atoms with van der Waals surface area (Å²) in [5.41, 5.74) is 1.25. The molecule has 1 aliphatic heterocycles. The number of amides is 2. The highest BCUT2D eigenvalue weighted by atomic mass is 35.5. The molecule has 0 fully saturated rings. The minimum atomic E-state index is -2.92. The largest absolute Gasteiger partial charge is 0.435 e. The topological polar surface area (TPSA) is 67.4 Å². The number of thioether (sulfide) groups is 1. The third-order valence-electron chi connectivity index (χ3n) is 4.09. The zero-order chi connectivity index (χ0) is 20.3. The van der Waals surface area contributed by atoms with Crippen LogP contribution < -0.4 is 15.4 Å². The molecule has 9 heteroatoms. The van der Waals surface area contributed by atoms with E-state index in [1.807, 2.05) is 0 Å². The quantitative estimate of drug-likeness (QED) is 0.707. The van der Waals surface area contributed by atoms with Gasteiger partial charge < -0.3 is 15.4 Å². The van der Waals surface area contributed by atoms with Gasteiger partial charge in [-0.3, -0.25) is 9.59 Å². The number of ether oxygens (including phenoxy) is 1. The van der Waals surface area contributed by atoms with Crippen LogP contribution in [0.2, 0.25) is 5.02 Å². The second-order valence-electron chi connectivity index (χ2n) is 6.18. The zero-order valence-electron chi connectivity index (χ0n) is 14.7. The van der Waals surface area contributed by atoms with Gasteiger partial charge in [-0.15, -0.1) is 11.8 Å². The van der Waals surface area contributed by atoms with Crippen LogP contribution in [0.4, 0.5) is 14.5 Å². The second kappa shape index (κ2) is 8.79. The number of alkyl halides is 2. The Morgan fingerprint density at radius 2 is 2.11 bits per heavy atom. The van der Waals surface area contributed by atoms with Gasteiger partial charge in [0.2, 0.25) is 11.8 Å². The van der Waals surface area contributed by atoms with E-state index in [-0.39, 0.29) is 24.0 Å². The van der Waals surface area contributed by atoms with Crippen molar-refractivity contribution in [2.75, 3.05) is 5.32 Å². The van der Waals surface area contributed by atoms with Gasteiger partial charge in [0.25, 0.3) is 0 Å². The fourth-order valence-electron chi connectivity index (χ4n) is 2.77. The first-order valence-electron chi connectivity index (χ1n) is 8.43. The zero-order valence-corrected chi connectivity index (χ0v) is 16.3. The van der Waals surface area contributed by atoms with Gasteiger partial charge in [-0.05, 0) is 42.8 Å².